The summed E-state index contributed by atoms with van der Waals surface area (Å²) in [5.74, 6) is 6.88. The molecule has 0 atom stereocenters. The standard InChI is InChI=1S/C12H11N5O/c13-12-15-9-4-3-7(10-2-1-5-18-10)6-8(9)11(16-12)17-14/h1-6H,14H2,(H3,13,15,16,17). The lowest BCUT2D eigenvalue weighted by Gasteiger charge is -2.06. The molecule has 3 rings (SSSR count). The minimum absolute atomic E-state index is 0.182. The fourth-order valence-corrected chi connectivity index (χ4v) is 1.85. The van der Waals surface area contributed by atoms with Crippen LogP contribution in [0.1, 0.15) is 0 Å². The molecule has 5 N–H and O–H groups in total. The lowest BCUT2D eigenvalue weighted by Crippen LogP contribution is -2.11. The molecule has 0 aliphatic rings. The van der Waals surface area contributed by atoms with E-state index in [0.717, 1.165) is 22.2 Å². The maximum atomic E-state index is 5.60. The highest BCUT2D eigenvalue weighted by Crippen LogP contribution is 2.27. The van der Waals surface area contributed by atoms with Crippen molar-refractivity contribution in [2.24, 2.45) is 5.84 Å². The molecule has 6 nitrogen and oxygen atoms in total. The molecule has 18 heavy (non-hydrogen) atoms. The molecule has 3 aromatic rings. The Morgan fingerprint density at radius 3 is 2.78 bits per heavy atom. The van der Waals surface area contributed by atoms with E-state index in [4.69, 9.17) is 16.0 Å². The molecular weight excluding hydrogens is 230 g/mol. The van der Waals surface area contributed by atoms with Gasteiger partial charge in [0.2, 0.25) is 5.95 Å². The molecular formula is C12H11N5O. The fraction of sp³-hybridized carbons (Fsp3) is 0. The highest BCUT2D eigenvalue weighted by molar-refractivity contribution is 5.92. The summed E-state index contributed by atoms with van der Waals surface area (Å²) in [5, 5.41) is 0.792. The number of nitrogens with one attached hydrogen (secondary N) is 1. The Labute approximate surface area is 103 Å². The van der Waals surface area contributed by atoms with Gasteiger partial charge in [-0.05, 0) is 30.3 Å². The van der Waals surface area contributed by atoms with Crippen molar-refractivity contribution >= 4 is 22.7 Å². The molecule has 0 unspecified atom stereocenters. The number of fused-ring (bicyclic) bond motifs is 1. The van der Waals surface area contributed by atoms with Gasteiger partial charge in [-0.15, -0.1) is 0 Å². The number of rotatable bonds is 2. The van der Waals surface area contributed by atoms with E-state index in [-0.39, 0.29) is 5.95 Å². The zero-order chi connectivity index (χ0) is 12.5. The molecule has 6 heteroatoms. The average Bonchev–Trinajstić information content (AvgIpc) is 2.91. The molecule has 0 aliphatic heterocycles. The summed E-state index contributed by atoms with van der Waals surface area (Å²) in [6.45, 7) is 0. The van der Waals surface area contributed by atoms with Crippen LogP contribution in [0, 0.1) is 0 Å². The third-order valence-electron chi connectivity index (χ3n) is 2.66. The molecule has 0 saturated heterocycles. The monoisotopic (exact) mass is 241 g/mol. The van der Waals surface area contributed by atoms with Crippen molar-refractivity contribution in [2.45, 2.75) is 0 Å². The summed E-state index contributed by atoms with van der Waals surface area (Å²) in [6.07, 6.45) is 1.63. The highest BCUT2D eigenvalue weighted by Gasteiger charge is 2.08. The highest BCUT2D eigenvalue weighted by atomic mass is 16.3. The van der Waals surface area contributed by atoms with Crippen molar-refractivity contribution in [2.75, 3.05) is 11.2 Å². The van der Waals surface area contributed by atoms with Crippen molar-refractivity contribution in [3.05, 3.63) is 36.6 Å². The fourth-order valence-electron chi connectivity index (χ4n) is 1.85. The molecule has 90 valence electrons. The van der Waals surface area contributed by atoms with Gasteiger partial charge in [-0.25, -0.2) is 10.8 Å². The van der Waals surface area contributed by atoms with E-state index in [0.29, 0.717) is 5.82 Å². The van der Waals surface area contributed by atoms with E-state index in [1.165, 1.54) is 0 Å². The van der Waals surface area contributed by atoms with Crippen LogP contribution in [0.4, 0.5) is 11.8 Å². The molecule has 0 bridgehead atoms. The number of benzene rings is 1. The Kier molecular flexibility index (Phi) is 2.35. The van der Waals surface area contributed by atoms with Gasteiger partial charge in [-0.2, -0.15) is 4.98 Å². The number of anilines is 2. The van der Waals surface area contributed by atoms with E-state index in [9.17, 15) is 0 Å². The third-order valence-corrected chi connectivity index (χ3v) is 2.66. The summed E-state index contributed by atoms with van der Waals surface area (Å²) < 4.78 is 5.35. The predicted molar refractivity (Wildman–Crippen MR) is 69.5 cm³/mol. The summed E-state index contributed by atoms with van der Waals surface area (Å²) in [4.78, 5) is 8.19. The molecule has 0 radical (unpaired) electrons. The largest absolute Gasteiger partial charge is 0.464 e. The first kappa shape index (κ1) is 10.5. The molecule has 0 spiro atoms. The van der Waals surface area contributed by atoms with Crippen molar-refractivity contribution in [3.63, 3.8) is 0 Å². The SMILES string of the molecule is NNc1nc(N)nc2ccc(-c3ccco3)cc12. The topological polar surface area (TPSA) is 103 Å². The first-order valence-corrected chi connectivity index (χ1v) is 5.35. The average molecular weight is 241 g/mol. The van der Waals surface area contributed by atoms with Crippen LogP contribution in [0.3, 0.4) is 0 Å². The van der Waals surface area contributed by atoms with Gasteiger partial charge in [0.15, 0.2) is 5.82 Å². The van der Waals surface area contributed by atoms with Crippen molar-refractivity contribution in [3.8, 4) is 11.3 Å². The lowest BCUT2D eigenvalue weighted by molar-refractivity contribution is 0.582. The first-order valence-electron chi connectivity index (χ1n) is 5.35. The van der Waals surface area contributed by atoms with Gasteiger partial charge < -0.3 is 15.6 Å². The third kappa shape index (κ3) is 1.64. The van der Waals surface area contributed by atoms with Gasteiger partial charge in [0.05, 0.1) is 11.8 Å². The molecule has 0 aliphatic carbocycles. The number of nitrogens with two attached hydrogens (primary N) is 2. The number of nitrogen functional groups attached to an aromatic ring is 2. The maximum absolute atomic E-state index is 5.60. The van der Waals surface area contributed by atoms with Crippen molar-refractivity contribution < 1.29 is 4.42 Å². The van der Waals surface area contributed by atoms with Gasteiger partial charge in [0.1, 0.15) is 5.76 Å². The Bertz CT molecular complexity index is 693. The van der Waals surface area contributed by atoms with Crippen LogP contribution in [0.5, 0.6) is 0 Å². The van der Waals surface area contributed by atoms with Gasteiger partial charge in [-0.1, -0.05) is 0 Å². The minimum atomic E-state index is 0.182. The second-order valence-corrected chi connectivity index (χ2v) is 3.78. The van der Waals surface area contributed by atoms with Crippen LogP contribution in [-0.4, -0.2) is 9.97 Å². The minimum Gasteiger partial charge on any atom is -0.464 e. The van der Waals surface area contributed by atoms with E-state index >= 15 is 0 Å². The Morgan fingerprint density at radius 1 is 1.17 bits per heavy atom. The Morgan fingerprint density at radius 2 is 2.06 bits per heavy atom. The molecule has 2 heterocycles. The van der Waals surface area contributed by atoms with E-state index < -0.39 is 0 Å². The van der Waals surface area contributed by atoms with E-state index in [1.54, 1.807) is 6.26 Å². The number of hydrogen-bond donors (Lipinski definition) is 3. The smallest absolute Gasteiger partial charge is 0.222 e. The number of hydrogen-bond acceptors (Lipinski definition) is 6. The van der Waals surface area contributed by atoms with Crippen LogP contribution < -0.4 is 17.0 Å². The summed E-state index contributed by atoms with van der Waals surface area (Å²) in [5.41, 5.74) is 9.77. The van der Waals surface area contributed by atoms with E-state index in [1.807, 2.05) is 30.3 Å². The second kappa shape index (κ2) is 4.01. The van der Waals surface area contributed by atoms with Crippen LogP contribution in [0.2, 0.25) is 0 Å². The quantitative estimate of drug-likeness (QED) is 0.466. The molecule has 0 saturated carbocycles. The van der Waals surface area contributed by atoms with Crippen molar-refractivity contribution in [1.82, 2.24) is 9.97 Å². The molecule has 0 fully saturated rings. The van der Waals surface area contributed by atoms with E-state index in [2.05, 4.69) is 15.4 Å². The number of furan rings is 1. The van der Waals surface area contributed by atoms with Gasteiger partial charge in [0, 0.05) is 10.9 Å². The van der Waals surface area contributed by atoms with Gasteiger partial charge >= 0.3 is 0 Å². The van der Waals surface area contributed by atoms with Crippen molar-refractivity contribution in [1.29, 1.82) is 0 Å². The first-order chi connectivity index (χ1) is 8.78. The Hall–Kier alpha value is -2.60. The Balaban J connectivity index is 2.25. The zero-order valence-corrected chi connectivity index (χ0v) is 9.42. The number of nitrogens with zero attached hydrogens (tertiary/aromatic N) is 2. The van der Waals surface area contributed by atoms with Crippen LogP contribution >= 0.6 is 0 Å². The number of hydrazine groups is 1. The maximum Gasteiger partial charge on any atom is 0.222 e. The van der Waals surface area contributed by atoms with Crippen LogP contribution in [0.25, 0.3) is 22.2 Å². The van der Waals surface area contributed by atoms with Crippen LogP contribution in [0.15, 0.2) is 41.0 Å². The summed E-state index contributed by atoms with van der Waals surface area (Å²) in [6, 6.07) is 9.39. The summed E-state index contributed by atoms with van der Waals surface area (Å²) >= 11 is 0. The molecule has 0 amide bonds. The predicted octanol–water partition coefficient (Wildman–Crippen LogP) is 1.76. The van der Waals surface area contributed by atoms with Gasteiger partial charge in [0.25, 0.3) is 0 Å². The molecule has 2 aromatic heterocycles. The second-order valence-electron chi connectivity index (χ2n) is 3.78. The lowest BCUT2D eigenvalue weighted by atomic mass is 10.1. The number of aromatic nitrogens is 2. The normalized spacial score (nSPS) is 10.7. The van der Waals surface area contributed by atoms with Gasteiger partial charge in [-0.3, -0.25) is 0 Å². The summed E-state index contributed by atoms with van der Waals surface area (Å²) in [7, 11) is 0. The molecule has 1 aromatic carbocycles. The zero-order valence-electron chi connectivity index (χ0n) is 9.42. The van der Waals surface area contributed by atoms with Crippen LogP contribution in [-0.2, 0) is 0 Å².